The van der Waals surface area contributed by atoms with Crippen LogP contribution in [0.15, 0.2) is 47.0 Å². The van der Waals surface area contributed by atoms with Gasteiger partial charge in [-0.1, -0.05) is 22.8 Å². The number of halogens is 1. The monoisotopic (exact) mass is 386 g/mol. The number of benzene rings is 2. The van der Waals surface area contributed by atoms with E-state index in [0.29, 0.717) is 35.5 Å². The first-order chi connectivity index (χ1) is 13.1. The van der Waals surface area contributed by atoms with E-state index in [2.05, 4.69) is 10.1 Å². The number of hydrogen-bond acceptors (Lipinski definition) is 6. The number of aromatic nitrogens is 2. The molecule has 1 aliphatic heterocycles. The van der Waals surface area contributed by atoms with Gasteiger partial charge in [0, 0.05) is 16.7 Å². The maximum Gasteiger partial charge on any atom is 0.258 e. The van der Waals surface area contributed by atoms with Crippen LogP contribution in [0.1, 0.15) is 25.7 Å². The Bertz CT molecular complexity index is 918. The second-order valence-corrected chi connectivity index (χ2v) is 6.83. The predicted octanol–water partition coefficient (Wildman–Crippen LogP) is 4.89. The van der Waals surface area contributed by atoms with E-state index in [1.54, 1.807) is 6.07 Å². The topological polar surface area (TPSA) is 66.6 Å². The van der Waals surface area contributed by atoms with Gasteiger partial charge in [0.05, 0.1) is 24.3 Å². The van der Waals surface area contributed by atoms with E-state index in [9.17, 15) is 0 Å². The van der Waals surface area contributed by atoms with E-state index in [4.69, 9.17) is 30.3 Å². The van der Waals surface area contributed by atoms with E-state index >= 15 is 0 Å². The van der Waals surface area contributed by atoms with E-state index in [1.807, 2.05) is 50.2 Å². The molecule has 2 aromatic carbocycles. The Morgan fingerprint density at radius 3 is 2.48 bits per heavy atom. The van der Waals surface area contributed by atoms with Gasteiger partial charge in [-0.05, 0) is 50.2 Å². The molecule has 0 saturated carbocycles. The maximum atomic E-state index is 6.42. The SMILES string of the molecule is CC(C)Oc1ccc(-c2nc(-c3ccc(C4OCCO4)cc3Cl)no2)cc1. The van der Waals surface area contributed by atoms with E-state index < -0.39 is 0 Å². The van der Waals surface area contributed by atoms with Crippen molar-refractivity contribution in [1.29, 1.82) is 0 Å². The number of nitrogens with zero attached hydrogens (tertiary/aromatic N) is 2. The number of ether oxygens (including phenoxy) is 3. The minimum atomic E-state index is -0.371. The Balaban J connectivity index is 1.55. The highest BCUT2D eigenvalue weighted by Gasteiger charge is 2.20. The fourth-order valence-electron chi connectivity index (χ4n) is 2.81. The summed E-state index contributed by atoms with van der Waals surface area (Å²) in [6.07, 6.45) is -0.250. The smallest absolute Gasteiger partial charge is 0.258 e. The van der Waals surface area contributed by atoms with Crippen LogP contribution in [0, 0.1) is 0 Å². The summed E-state index contributed by atoms with van der Waals surface area (Å²) < 4.78 is 22.0. The molecule has 1 saturated heterocycles. The van der Waals surface area contributed by atoms with Crippen LogP contribution in [0.5, 0.6) is 5.75 Å². The van der Waals surface area contributed by atoms with Crippen LogP contribution in [-0.2, 0) is 9.47 Å². The molecule has 27 heavy (non-hydrogen) atoms. The van der Waals surface area contributed by atoms with Gasteiger partial charge in [0.2, 0.25) is 5.82 Å². The molecular weight excluding hydrogens is 368 g/mol. The van der Waals surface area contributed by atoms with Crippen LogP contribution in [-0.4, -0.2) is 29.5 Å². The molecule has 0 amide bonds. The predicted molar refractivity (Wildman–Crippen MR) is 101 cm³/mol. The highest BCUT2D eigenvalue weighted by molar-refractivity contribution is 6.33. The first-order valence-electron chi connectivity index (χ1n) is 8.74. The Hall–Kier alpha value is -2.41. The first kappa shape index (κ1) is 18.0. The average Bonchev–Trinajstić information content (AvgIpc) is 3.34. The molecule has 4 rings (SSSR count). The summed E-state index contributed by atoms with van der Waals surface area (Å²) in [7, 11) is 0. The van der Waals surface area contributed by atoms with Crippen LogP contribution >= 0.6 is 11.6 Å². The van der Waals surface area contributed by atoms with Crippen LogP contribution in [0.4, 0.5) is 0 Å². The fraction of sp³-hybridized carbons (Fsp3) is 0.300. The van der Waals surface area contributed by atoms with Gasteiger partial charge in [-0.3, -0.25) is 0 Å². The van der Waals surface area contributed by atoms with Gasteiger partial charge in [0.15, 0.2) is 6.29 Å². The second-order valence-electron chi connectivity index (χ2n) is 6.43. The molecular formula is C20H19ClN2O4. The van der Waals surface area contributed by atoms with Crippen molar-refractivity contribution in [1.82, 2.24) is 10.1 Å². The molecule has 0 bridgehead atoms. The molecule has 0 radical (unpaired) electrons. The van der Waals surface area contributed by atoms with E-state index in [0.717, 1.165) is 16.9 Å². The fourth-order valence-corrected chi connectivity index (χ4v) is 3.08. The second kappa shape index (κ2) is 7.68. The highest BCUT2D eigenvalue weighted by Crippen LogP contribution is 2.32. The molecule has 0 N–H and O–H groups in total. The van der Waals surface area contributed by atoms with Gasteiger partial charge in [-0.15, -0.1) is 0 Å². The van der Waals surface area contributed by atoms with Gasteiger partial charge in [0.1, 0.15) is 5.75 Å². The molecule has 0 atom stereocenters. The molecule has 6 nitrogen and oxygen atoms in total. The minimum Gasteiger partial charge on any atom is -0.491 e. The lowest BCUT2D eigenvalue weighted by atomic mass is 10.1. The standard InChI is InChI=1S/C20H19ClN2O4/c1-12(2)26-15-6-3-13(4-7-15)19-22-18(23-27-19)16-8-5-14(11-17(16)21)20-24-9-10-25-20/h3-8,11-12,20H,9-10H2,1-2H3. The van der Waals surface area contributed by atoms with Crippen LogP contribution in [0.3, 0.4) is 0 Å². The summed E-state index contributed by atoms with van der Waals surface area (Å²) in [6.45, 7) is 5.13. The van der Waals surface area contributed by atoms with E-state index in [1.165, 1.54) is 0 Å². The Kier molecular flexibility index (Phi) is 5.11. The van der Waals surface area contributed by atoms with Crippen LogP contribution < -0.4 is 4.74 Å². The van der Waals surface area contributed by atoms with Crippen LogP contribution in [0.25, 0.3) is 22.8 Å². The van der Waals surface area contributed by atoms with Crippen molar-refractivity contribution >= 4 is 11.6 Å². The molecule has 1 fully saturated rings. The lowest BCUT2D eigenvalue weighted by Gasteiger charge is -2.10. The molecule has 3 aromatic rings. The summed E-state index contributed by atoms with van der Waals surface area (Å²) >= 11 is 6.42. The molecule has 0 aliphatic carbocycles. The molecule has 7 heteroatoms. The molecule has 140 valence electrons. The normalized spacial score (nSPS) is 14.8. The Morgan fingerprint density at radius 2 is 1.81 bits per heavy atom. The quantitative estimate of drug-likeness (QED) is 0.622. The van der Waals surface area contributed by atoms with Crippen molar-refractivity contribution in [2.45, 2.75) is 26.2 Å². The molecule has 1 aromatic heterocycles. The molecule has 0 unspecified atom stereocenters. The van der Waals surface area contributed by atoms with Gasteiger partial charge in [0.25, 0.3) is 5.89 Å². The summed E-state index contributed by atoms with van der Waals surface area (Å²) in [5, 5.41) is 4.57. The van der Waals surface area contributed by atoms with Crippen LogP contribution in [0.2, 0.25) is 5.02 Å². The lowest BCUT2D eigenvalue weighted by molar-refractivity contribution is -0.0441. The largest absolute Gasteiger partial charge is 0.491 e. The van der Waals surface area contributed by atoms with Gasteiger partial charge in [-0.2, -0.15) is 4.98 Å². The first-order valence-corrected chi connectivity index (χ1v) is 9.12. The number of rotatable bonds is 5. The zero-order valence-corrected chi connectivity index (χ0v) is 15.8. The van der Waals surface area contributed by atoms with Gasteiger partial charge in [-0.25, -0.2) is 0 Å². The van der Waals surface area contributed by atoms with Crippen molar-refractivity contribution in [3.63, 3.8) is 0 Å². The summed E-state index contributed by atoms with van der Waals surface area (Å²) in [5.74, 6) is 1.64. The Morgan fingerprint density at radius 1 is 1.07 bits per heavy atom. The third kappa shape index (κ3) is 3.98. The minimum absolute atomic E-state index is 0.121. The van der Waals surface area contributed by atoms with Crippen molar-refractivity contribution in [3.8, 4) is 28.6 Å². The van der Waals surface area contributed by atoms with E-state index in [-0.39, 0.29) is 12.4 Å². The van der Waals surface area contributed by atoms with Crippen molar-refractivity contribution in [2.24, 2.45) is 0 Å². The molecule has 2 heterocycles. The lowest BCUT2D eigenvalue weighted by Crippen LogP contribution is -2.05. The Labute approximate surface area is 162 Å². The summed E-state index contributed by atoms with van der Waals surface area (Å²) in [4.78, 5) is 4.46. The third-order valence-corrected chi connectivity index (χ3v) is 4.34. The highest BCUT2D eigenvalue weighted by atomic mass is 35.5. The van der Waals surface area contributed by atoms with Crippen molar-refractivity contribution in [2.75, 3.05) is 13.2 Å². The maximum absolute atomic E-state index is 6.42. The average molecular weight is 387 g/mol. The molecule has 0 spiro atoms. The summed E-state index contributed by atoms with van der Waals surface area (Å²) in [5.41, 5.74) is 2.37. The van der Waals surface area contributed by atoms with Crippen molar-refractivity contribution in [3.05, 3.63) is 53.1 Å². The number of hydrogen-bond donors (Lipinski definition) is 0. The zero-order valence-electron chi connectivity index (χ0n) is 15.0. The zero-order chi connectivity index (χ0) is 18.8. The summed E-state index contributed by atoms with van der Waals surface area (Å²) in [6, 6.07) is 13.1. The third-order valence-electron chi connectivity index (χ3n) is 4.03. The van der Waals surface area contributed by atoms with Gasteiger partial charge >= 0.3 is 0 Å². The van der Waals surface area contributed by atoms with Gasteiger partial charge < -0.3 is 18.7 Å². The van der Waals surface area contributed by atoms with Crippen molar-refractivity contribution < 1.29 is 18.7 Å². The molecule has 1 aliphatic rings.